The van der Waals surface area contributed by atoms with Gasteiger partial charge < -0.3 is 14.8 Å². The number of unbranched alkanes of at least 4 members (excludes halogenated alkanes) is 1. The minimum atomic E-state index is -0.475. The highest BCUT2D eigenvalue weighted by atomic mass is 35.5. The molecule has 0 saturated carbocycles. The van der Waals surface area contributed by atoms with Crippen LogP contribution in [-0.4, -0.2) is 33.1 Å². The maximum atomic E-state index is 13.0. The van der Waals surface area contributed by atoms with Crippen molar-refractivity contribution in [1.29, 1.82) is 0 Å². The largest absolute Gasteiger partial charge is 0.489 e. The Bertz CT molecular complexity index is 1260. The number of thioether (sulfide) groups is 1. The minimum Gasteiger partial charge on any atom is -0.489 e. The fourth-order valence-electron chi connectivity index (χ4n) is 3.82. The van der Waals surface area contributed by atoms with Gasteiger partial charge in [-0.05, 0) is 55.7 Å². The number of aromatic nitrogens is 3. The van der Waals surface area contributed by atoms with E-state index in [-0.39, 0.29) is 12.6 Å². The van der Waals surface area contributed by atoms with Gasteiger partial charge in [0.2, 0.25) is 11.1 Å². The number of hydrogen-bond donors (Lipinski definition) is 1. The molecule has 1 aliphatic heterocycles. The molecule has 190 valence electrons. The zero-order valence-corrected chi connectivity index (χ0v) is 22.7. The van der Waals surface area contributed by atoms with E-state index >= 15 is 0 Å². The van der Waals surface area contributed by atoms with Crippen molar-refractivity contribution in [3.05, 3.63) is 74.9 Å². The lowest BCUT2D eigenvalue weighted by atomic mass is 9.96. The molecule has 0 bridgehead atoms. The molecule has 36 heavy (non-hydrogen) atoms. The molecule has 0 fully saturated rings. The second kappa shape index (κ2) is 12.0. The summed E-state index contributed by atoms with van der Waals surface area (Å²) < 4.78 is 13.1. The number of allylic oxidation sites excluding steroid dienone is 1. The SMILES string of the molecule is CCCCSc1nc2n(n1)C(c1ccc(OCc3ccc(Cl)c(Cl)c3)cc1)C(C(=O)OCC)=C(C)N2. The van der Waals surface area contributed by atoms with Crippen LogP contribution in [0, 0.1) is 0 Å². The van der Waals surface area contributed by atoms with Gasteiger partial charge in [0.25, 0.3) is 0 Å². The van der Waals surface area contributed by atoms with Crippen molar-refractivity contribution in [2.24, 2.45) is 0 Å². The summed E-state index contributed by atoms with van der Waals surface area (Å²) in [6.45, 7) is 6.44. The molecule has 1 unspecified atom stereocenters. The van der Waals surface area contributed by atoms with Crippen LogP contribution in [0.1, 0.15) is 50.8 Å². The van der Waals surface area contributed by atoms with E-state index in [1.54, 1.807) is 35.5 Å². The van der Waals surface area contributed by atoms with Crippen LogP contribution in [0.4, 0.5) is 5.95 Å². The Hall–Kier alpha value is -2.68. The molecule has 0 amide bonds. The van der Waals surface area contributed by atoms with Crippen LogP contribution in [0.25, 0.3) is 0 Å². The molecule has 1 atom stereocenters. The average Bonchev–Trinajstić information content (AvgIpc) is 3.26. The van der Waals surface area contributed by atoms with Crippen molar-refractivity contribution in [3.8, 4) is 5.75 Å². The molecule has 10 heteroatoms. The fourth-order valence-corrected chi connectivity index (χ4v) is 5.06. The van der Waals surface area contributed by atoms with Gasteiger partial charge in [0.05, 0.1) is 22.2 Å². The molecule has 2 aromatic carbocycles. The van der Waals surface area contributed by atoms with Gasteiger partial charge in [-0.15, -0.1) is 5.10 Å². The number of halogens is 2. The number of rotatable bonds is 10. The van der Waals surface area contributed by atoms with E-state index in [9.17, 15) is 4.79 Å². The van der Waals surface area contributed by atoms with Crippen LogP contribution in [0.15, 0.2) is 58.9 Å². The molecule has 4 rings (SSSR count). The highest BCUT2D eigenvalue weighted by Gasteiger charge is 2.35. The van der Waals surface area contributed by atoms with Crippen molar-refractivity contribution >= 4 is 46.9 Å². The van der Waals surface area contributed by atoms with Gasteiger partial charge in [0.15, 0.2) is 0 Å². The first-order valence-corrected chi connectivity index (χ1v) is 13.6. The Balaban J connectivity index is 1.60. The molecular weight excluding hydrogens is 519 g/mol. The number of fused-ring (bicyclic) bond motifs is 1. The highest BCUT2D eigenvalue weighted by molar-refractivity contribution is 7.99. The zero-order valence-electron chi connectivity index (χ0n) is 20.4. The number of nitrogens with one attached hydrogen (secondary N) is 1. The quantitative estimate of drug-likeness (QED) is 0.168. The average molecular weight is 548 g/mol. The van der Waals surface area contributed by atoms with E-state index in [1.165, 1.54) is 0 Å². The fraction of sp³-hybridized carbons (Fsp3) is 0.346. The zero-order chi connectivity index (χ0) is 25.7. The first-order valence-electron chi connectivity index (χ1n) is 11.8. The van der Waals surface area contributed by atoms with Gasteiger partial charge >= 0.3 is 5.97 Å². The third-order valence-corrected chi connectivity index (χ3v) is 7.31. The van der Waals surface area contributed by atoms with Crippen molar-refractivity contribution in [1.82, 2.24) is 14.8 Å². The number of nitrogens with zero attached hydrogens (tertiary/aromatic N) is 3. The summed E-state index contributed by atoms with van der Waals surface area (Å²) in [7, 11) is 0. The molecule has 0 saturated heterocycles. The number of anilines is 1. The molecule has 1 aliphatic rings. The summed E-state index contributed by atoms with van der Waals surface area (Å²) in [4.78, 5) is 17.6. The summed E-state index contributed by atoms with van der Waals surface area (Å²) in [5, 5.41) is 9.63. The molecule has 0 radical (unpaired) electrons. The van der Waals surface area contributed by atoms with Crippen molar-refractivity contribution < 1.29 is 14.3 Å². The van der Waals surface area contributed by atoms with Gasteiger partial charge in [-0.2, -0.15) is 4.98 Å². The van der Waals surface area contributed by atoms with E-state index in [0.29, 0.717) is 44.8 Å². The van der Waals surface area contributed by atoms with Gasteiger partial charge in [-0.25, -0.2) is 9.48 Å². The van der Waals surface area contributed by atoms with Crippen molar-refractivity contribution in [3.63, 3.8) is 0 Å². The number of carbonyl (C=O) groups excluding carboxylic acids is 1. The first-order chi connectivity index (χ1) is 17.4. The smallest absolute Gasteiger partial charge is 0.338 e. The number of carbonyl (C=O) groups is 1. The Kier molecular flexibility index (Phi) is 8.82. The Morgan fingerprint density at radius 2 is 1.92 bits per heavy atom. The van der Waals surface area contributed by atoms with Crippen molar-refractivity contribution in [2.75, 3.05) is 17.7 Å². The molecule has 0 spiro atoms. The molecule has 2 heterocycles. The molecule has 1 N–H and O–H groups in total. The lowest BCUT2D eigenvalue weighted by Crippen LogP contribution is -2.29. The Morgan fingerprint density at radius 1 is 1.14 bits per heavy atom. The second-order valence-corrected chi connectivity index (χ2v) is 10.1. The third kappa shape index (κ3) is 5.99. The summed E-state index contributed by atoms with van der Waals surface area (Å²) in [6.07, 6.45) is 2.19. The maximum Gasteiger partial charge on any atom is 0.338 e. The minimum absolute atomic E-state index is 0.284. The van der Waals surface area contributed by atoms with E-state index in [2.05, 4.69) is 17.2 Å². The molecule has 3 aromatic rings. The number of ether oxygens (including phenoxy) is 2. The summed E-state index contributed by atoms with van der Waals surface area (Å²) in [5.74, 6) is 1.84. The van der Waals surface area contributed by atoms with E-state index in [4.69, 9.17) is 37.8 Å². The predicted octanol–water partition coefficient (Wildman–Crippen LogP) is 6.91. The lowest BCUT2D eigenvalue weighted by molar-refractivity contribution is -0.139. The van der Waals surface area contributed by atoms with Crippen LogP contribution in [0.3, 0.4) is 0 Å². The van der Waals surface area contributed by atoms with Crippen molar-refractivity contribution in [2.45, 2.75) is 51.4 Å². The molecule has 0 aliphatic carbocycles. The predicted molar refractivity (Wildman–Crippen MR) is 144 cm³/mol. The van der Waals surface area contributed by atoms with E-state index in [1.807, 2.05) is 37.3 Å². The summed E-state index contributed by atoms with van der Waals surface area (Å²) in [6, 6.07) is 12.6. The van der Waals surface area contributed by atoms with E-state index < -0.39 is 6.04 Å². The van der Waals surface area contributed by atoms with Crippen LogP contribution in [0.2, 0.25) is 10.0 Å². The van der Waals surface area contributed by atoms with Crippen LogP contribution < -0.4 is 10.1 Å². The highest BCUT2D eigenvalue weighted by Crippen LogP contribution is 2.37. The van der Waals surface area contributed by atoms with Gasteiger partial charge in [-0.3, -0.25) is 0 Å². The number of hydrogen-bond acceptors (Lipinski definition) is 7. The maximum absolute atomic E-state index is 13.0. The third-order valence-electron chi connectivity index (χ3n) is 5.64. The first kappa shape index (κ1) is 26.4. The van der Waals surface area contributed by atoms with Gasteiger partial charge in [-0.1, -0.05) is 66.5 Å². The number of benzene rings is 2. The van der Waals surface area contributed by atoms with Crippen LogP contribution in [-0.2, 0) is 16.1 Å². The molecule has 1 aromatic heterocycles. The Morgan fingerprint density at radius 3 is 2.61 bits per heavy atom. The molecular formula is C26H28Cl2N4O3S. The summed E-state index contributed by atoms with van der Waals surface area (Å²) >= 11 is 13.7. The second-order valence-electron chi connectivity index (χ2n) is 8.26. The normalized spacial score (nSPS) is 14.9. The lowest BCUT2D eigenvalue weighted by Gasteiger charge is -2.28. The number of esters is 1. The summed E-state index contributed by atoms with van der Waals surface area (Å²) in [5.41, 5.74) is 2.99. The Labute approximate surface area is 225 Å². The standard InChI is InChI=1S/C26H28Cl2N4O3S/c1-4-6-13-36-26-30-25-29-16(3)22(24(33)34-5-2)23(32(25)31-26)18-8-10-19(11-9-18)35-15-17-7-12-20(27)21(28)14-17/h7-12,14,23H,4-6,13,15H2,1-3H3,(H,29,30,31). The van der Waals surface area contributed by atoms with Crippen LogP contribution in [0.5, 0.6) is 5.75 Å². The van der Waals surface area contributed by atoms with Gasteiger partial charge in [0.1, 0.15) is 18.4 Å². The molecule has 7 nitrogen and oxygen atoms in total. The van der Waals surface area contributed by atoms with E-state index in [0.717, 1.165) is 29.7 Å². The topological polar surface area (TPSA) is 78.3 Å². The van der Waals surface area contributed by atoms with Crippen LogP contribution >= 0.6 is 35.0 Å². The monoisotopic (exact) mass is 546 g/mol. The van der Waals surface area contributed by atoms with Gasteiger partial charge in [0, 0.05) is 11.4 Å².